The number of benzene rings is 2. The molecule has 0 saturated carbocycles. The molecule has 1 aromatic heterocycles. The second kappa shape index (κ2) is 9.14. The smallest absolute Gasteiger partial charge is 0.275 e. The molecule has 2 aromatic carbocycles. The first-order chi connectivity index (χ1) is 13.7. The van der Waals surface area contributed by atoms with Crippen LogP contribution in [-0.2, 0) is 6.42 Å². The second-order valence-corrected chi connectivity index (χ2v) is 5.92. The molecule has 1 amide bonds. The Labute approximate surface area is 163 Å². The lowest BCUT2D eigenvalue weighted by atomic mass is 10.1. The Balaban J connectivity index is 1.54. The Morgan fingerprint density at radius 2 is 1.89 bits per heavy atom. The van der Waals surface area contributed by atoms with Crippen LogP contribution in [0.3, 0.4) is 0 Å². The SMILES string of the molecule is COc1ccc(CCNc2cnc(C(=O)Nc3ccccc3C#N)cn2)cc1. The number of nitriles is 1. The highest BCUT2D eigenvalue weighted by Crippen LogP contribution is 2.15. The van der Waals surface area contributed by atoms with Crippen molar-refractivity contribution in [1.82, 2.24) is 9.97 Å². The van der Waals surface area contributed by atoms with Gasteiger partial charge in [0.05, 0.1) is 30.8 Å². The molecule has 7 nitrogen and oxygen atoms in total. The summed E-state index contributed by atoms with van der Waals surface area (Å²) in [5.74, 6) is 0.997. The third-order valence-corrected chi connectivity index (χ3v) is 4.06. The van der Waals surface area contributed by atoms with E-state index >= 15 is 0 Å². The molecule has 28 heavy (non-hydrogen) atoms. The first-order valence-corrected chi connectivity index (χ1v) is 8.69. The zero-order valence-electron chi connectivity index (χ0n) is 15.3. The Kier molecular flexibility index (Phi) is 6.16. The first-order valence-electron chi connectivity index (χ1n) is 8.69. The number of nitrogens with zero attached hydrogens (tertiary/aromatic N) is 3. The number of ether oxygens (including phenoxy) is 1. The zero-order chi connectivity index (χ0) is 19.8. The van der Waals surface area contributed by atoms with Gasteiger partial charge in [0.15, 0.2) is 0 Å². The van der Waals surface area contributed by atoms with Crippen molar-refractivity contribution in [3.63, 3.8) is 0 Å². The molecule has 0 saturated heterocycles. The number of carbonyl (C=O) groups excluding carboxylic acids is 1. The Bertz CT molecular complexity index is 979. The summed E-state index contributed by atoms with van der Waals surface area (Å²) < 4.78 is 5.14. The van der Waals surface area contributed by atoms with Crippen molar-refractivity contribution in [2.75, 3.05) is 24.3 Å². The number of methoxy groups -OCH3 is 1. The van der Waals surface area contributed by atoms with Crippen LogP contribution in [-0.4, -0.2) is 29.5 Å². The van der Waals surface area contributed by atoms with Crippen LogP contribution in [0.4, 0.5) is 11.5 Å². The number of aromatic nitrogens is 2. The van der Waals surface area contributed by atoms with Crippen molar-refractivity contribution >= 4 is 17.4 Å². The summed E-state index contributed by atoms with van der Waals surface area (Å²) >= 11 is 0. The molecule has 3 aromatic rings. The summed E-state index contributed by atoms with van der Waals surface area (Å²) in [6.45, 7) is 0.683. The summed E-state index contributed by atoms with van der Waals surface area (Å²) in [6.07, 6.45) is 3.73. The number of amides is 1. The van der Waals surface area contributed by atoms with Gasteiger partial charge >= 0.3 is 0 Å². The zero-order valence-corrected chi connectivity index (χ0v) is 15.3. The van der Waals surface area contributed by atoms with Crippen molar-refractivity contribution < 1.29 is 9.53 Å². The quantitative estimate of drug-likeness (QED) is 0.659. The van der Waals surface area contributed by atoms with Gasteiger partial charge in [-0.1, -0.05) is 24.3 Å². The number of carbonyl (C=O) groups is 1. The normalized spacial score (nSPS) is 10.0. The highest BCUT2D eigenvalue weighted by atomic mass is 16.5. The first kappa shape index (κ1) is 18.9. The third-order valence-electron chi connectivity index (χ3n) is 4.06. The van der Waals surface area contributed by atoms with Gasteiger partial charge in [-0.2, -0.15) is 5.26 Å². The summed E-state index contributed by atoms with van der Waals surface area (Å²) in [4.78, 5) is 20.7. The van der Waals surface area contributed by atoms with Gasteiger partial charge in [0.25, 0.3) is 5.91 Å². The van der Waals surface area contributed by atoms with Crippen molar-refractivity contribution in [3.05, 3.63) is 77.7 Å². The van der Waals surface area contributed by atoms with Gasteiger partial charge in [0.2, 0.25) is 0 Å². The molecule has 0 unspecified atom stereocenters. The van der Waals surface area contributed by atoms with Crippen LogP contribution in [0.25, 0.3) is 0 Å². The molecule has 1 heterocycles. The van der Waals surface area contributed by atoms with Gasteiger partial charge in [0, 0.05) is 6.54 Å². The molecule has 0 aliphatic rings. The Morgan fingerprint density at radius 3 is 2.57 bits per heavy atom. The van der Waals surface area contributed by atoms with Crippen LogP contribution in [0, 0.1) is 11.3 Å². The number of rotatable bonds is 7. The van der Waals surface area contributed by atoms with Crippen LogP contribution in [0.2, 0.25) is 0 Å². The molecular formula is C21H19N5O2. The monoisotopic (exact) mass is 373 g/mol. The minimum atomic E-state index is -0.417. The largest absolute Gasteiger partial charge is 0.497 e. The van der Waals surface area contributed by atoms with E-state index in [4.69, 9.17) is 10.00 Å². The lowest BCUT2D eigenvalue weighted by Crippen LogP contribution is -2.15. The van der Waals surface area contributed by atoms with Crippen LogP contribution in [0.15, 0.2) is 60.9 Å². The topological polar surface area (TPSA) is 99.9 Å². The summed E-state index contributed by atoms with van der Waals surface area (Å²) in [5.41, 5.74) is 2.18. The van der Waals surface area contributed by atoms with Gasteiger partial charge in [0.1, 0.15) is 23.3 Å². The van der Waals surface area contributed by atoms with E-state index in [1.54, 1.807) is 31.4 Å². The van der Waals surface area contributed by atoms with Crippen LogP contribution in [0.1, 0.15) is 21.6 Å². The van der Waals surface area contributed by atoms with Crippen LogP contribution < -0.4 is 15.4 Å². The second-order valence-electron chi connectivity index (χ2n) is 5.92. The fraction of sp³-hybridized carbons (Fsp3) is 0.143. The molecule has 0 bridgehead atoms. The Hall–Kier alpha value is -3.92. The van der Waals surface area contributed by atoms with E-state index in [-0.39, 0.29) is 5.69 Å². The van der Waals surface area contributed by atoms with Crippen molar-refractivity contribution in [2.24, 2.45) is 0 Å². The van der Waals surface area contributed by atoms with Crippen LogP contribution in [0.5, 0.6) is 5.75 Å². The van der Waals surface area contributed by atoms with Crippen molar-refractivity contribution in [2.45, 2.75) is 6.42 Å². The summed E-state index contributed by atoms with van der Waals surface area (Å²) in [7, 11) is 1.64. The molecule has 0 aliphatic carbocycles. The number of nitrogens with one attached hydrogen (secondary N) is 2. The average molecular weight is 373 g/mol. The minimum absolute atomic E-state index is 0.174. The molecule has 2 N–H and O–H groups in total. The molecule has 0 aliphatic heterocycles. The average Bonchev–Trinajstić information content (AvgIpc) is 2.75. The summed E-state index contributed by atoms with van der Waals surface area (Å²) in [5, 5.41) is 14.9. The Morgan fingerprint density at radius 1 is 1.11 bits per heavy atom. The maximum atomic E-state index is 12.3. The van der Waals surface area contributed by atoms with Gasteiger partial charge < -0.3 is 15.4 Å². The molecule has 3 rings (SSSR count). The number of hydrogen-bond donors (Lipinski definition) is 2. The minimum Gasteiger partial charge on any atom is -0.497 e. The molecule has 0 spiro atoms. The van der Waals surface area contributed by atoms with E-state index in [1.807, 2.05) is 30.3 Å². The predicted molar refractivity (Wildman–Crippen MR) is 106 cm³/mol. The summed E-state index contributed by atoms with van der Waals surface area (Å²) in [6, 6.07) is 16.7. The number of hydrogen-bond acceptors (Lipinski definition) is 6. The van der Waals surface area contributed by atoms with Crippen molar-refractivity contribution in [1.29, 1.82) is 5.26 Å². The van der Waals surface area contributed by atoms with E-state index in [2.05, 4.69) is 20.6 Å². The van der Waals surface area contributed by atoms with E-state index < -0.39 is 5.91 Å². The molecule has 140 valence electrons. The third kappa shape index (κ3) is 4.83. The fourth-order valence-corrected chi connectivity index (χ4v) is 2.54. The maximum absolute atomic E-state index is 12.3. The number of anilines is 2. The van der Waals surface area contributed by atoms with Gasteiger partial charge in [-0.05, 0) is 36.2 Å². The molecular weight excluding hydrogens is 354 g/mol. The van der Waals surface area contributed by atoms with E-state index in [1.165, 1.54) is 18.0 Å². The maximum Gasteiger partial charge on any atom is 0.275 e. The van der Waals surface area contributed by atoms with Crippen molar-refractivity contribution in [3.8, 4) is 11.8 Å². The molecule has 7 heteroatoms. The highest BCUT2D eigenvalue weighted by molar-refractivity contribution is 6.03. The van der Waals surface area contributed by atoms with E-state index in [0.717, 1.165) is 12.2 Å². The lowest BCUT2D eigenvalue weighted by Gasteiger charge is -2.08. The fourth-order valence-electron chi connectivity index (χ4n) is 2.54. The number of para-hydroxylation sites is 1. The highest BCUT2D eigenvalue weighted by Gasteiger charge is 2.10. The van der Waals surface area contributed by atoms with Gasteiger partial charge in [-0.25, -0.2) is 9.97 Å². The molecule has 0 atom stereocenters. The van der Waals surface area contributed by atoms with Gasteiger partial charge in [-0.3, -0.25) is 4.79 Å². The van der Waals surface area contributed by atoms with E-state index in [0.29, 0.717) is 23.6 Å². The predicted octanol–water partition coefficient (Wildman–Crippen LogP) is 3.26. The van der Waals surface area contributed by atoms with Crippen LogP contribution >= 0.6 is 0 Å². The standard InChI is InChI=1S/C21H19N5O2/c1-28-17-8-6-15(7-9-17)10-11-23-20-14-24-19(13-25-20)21(27)26-18-5-3-2-4-16(18)12-22/h2-9,13-14H,10-11H2,1H3,(H,23,25)(H,26,27). The van der Waals surface area contributed by atoms with Gasteiger partial charge in [-0.15, -0.1) is 0 Å². The molecule has 0 radical (unpaired) electrons. The lowest BCUT2D eigenvalue weighted by molar-refractivity contribution is 0.102. The molecule has 0 fully saturated rings. The van der Waals surface area contributed by atoms with E-state index in [9.17, 15) is 4.79 Å².